The fraction of sp³-hybridized carbons (Fsp3) is 0.385. The topological polar surface area (TPSA) is 86.6 Å². The van der Waals surface area contributed by atoms with Crippen LogP contribution in [0.3, 0.4) is 0 Å². The Kier molecular flexibility index (Phi) is 3.69. The highest BCUT2D eigenvalue weighted by molar-refractivity contribution is 5.94. The van der Waals surface area contributed by atoms with Crippen LogP contribution in [-0.2, 0) is 4.79 Å². The van der Waals surface area contributed by atoms with Crippen LogP contribution in [0.2, 0.25) is 0 Å². The van der Waals surface area contributed by atoms with Crippen molar-refractivity contribution in [3.8, 4) is 5.75 Å². The maximum absolute atomic E-state index is 13.5. The van der Waals surface area contributed by atoms with Gasteiger partial charge in [0.2, 0.25) is 0 Å². The first-order valence-corrected chi connectivity index (χ1v) is 5.99. The summed E-state index contributed by atoms with van der Waals surface area (Å²) < 4.78 is 13.5. The molecule has 19 heavy (non-hydrogen) atoms. The molecule has 0 bridgehead atoms. The molecule has 1 fully saturated rings. The third-order valence-electron chi connectivity index (χ3n) is 3.31. The molecule has 6 heteroatoms. The monoisotopic (exact) mass is 267 g/mol. The van der Waals surface area contributed by atoms with Gasteiger partial charge in [-0.1, -0.05) is 0 Å². The van der Waals surface area contributed by atoms with Crippen molar-refractivity contribution in [2.24, 2.45) is 5.92 Å². The molecule has 1 aliphatic rings. The Bertz CT molecular complexity index is 517. The number of carboxylic acid groups (broad SMARTS) is 1. The first kappa shape index (κ1) is 13.3. The Morgan fingerprint density at radius 1 is 1.32 bits per heavy atom. The van der Waals surface area contributed by atoms with E-state index in [1.54, 1.807) is 0 Å². The number of amides is 1. The SMILES string of the molecule is O=C(NC1CCC(C(=O)O)C1)c1ccc(O)cc1F. The van der Waals surface area contributed by atoms with Crippen molar-refractivity contribution in [1.82, 2.24) is 5.32 Å². The summed E-state index contributed by atoms with van der Waals surface area (Å²) in [4.78, 5) is 22.6. The van der Waals surface area contributed by atoms with Gasteiger partial charge in [0.25, 0.3) is 5.91 Å². The van der Waals surface area contributed by atoms with E-state index < -0.39 is 23.6 Å². The molecular weight excluding hydrogens is 253 g/mol. The first-order chi connectivity index (χ1) is 8.97. The number of aliphatic carboxylic acids is 1. The minimum absolute atomic E-state index is 0.156. The first-order valence-electron chi connectivity index (χ1n) is 5.99. The van der Waals surface area contributed by atoms with Gasteiger partial charge in [-0.3, -0.25) is 9.59 Å². The number of hydrogen-bond donors (Lipinski definition) is 3. The predicted octanol–water partition coefficient (Wildman–Crippen LogP) is 1.51. The van der Waals surface area contributed by atoms with E-state index in [9.17, 15) is 14.0 Å². The standard InChI is InChI=1S/C13H14FNO4/c14-11-6-9(16)3-4-10(11)12(17)15-8-2-1-7(5-8)13(18)19/h3-4,6-8,16H,1-2,5H2,(H,15,17)(H,18,19). The zero-order valence-corrected chi connectivity index (χ0v) is 10.1. The smallest absolute Gasteiger partial charge is 0.306 e. The number of nitrogens with one attached hydrogen (secondary N) is 1. The molecule has 0 aliphatic heterocycles. The summed E-state index contributed by atoms with van der Waals surface area (Å²) in [5.41, 5.74) is -0.156. The second kappa shape index (κ2) is 5.26. The molecule has 5 nitrogen and oxygen atoms in total. The van der Waals surface area contributed by atoms with E-state index in [4.69, 9.17) is 10.2 Å². The lowest BCUT2D eigenvalue weighted by Gasteiger charge is -2.12. The summed E-state index contributed by atoms with van der Waals surface area (Å²) in [7, 11) is 0. The highest BCUT2D eigenvalue weighted by Crippen LogP contribution is 2.26. The van der Waals surface area contributed by atoms with Crippen molar-refractivity contribution < 1.29 is 24.2 Å². The molecular formula is C13H14FNO4. The molecule has 3 N–H and O–H groups in total. The molecule has 0 radical (unpaired) electrons. The lowest BCUT2D eigenvalue weighted by molar-refractivity contribution is -0.141. The molecule has 1 saturated carbocycles. The second-order valence-electron chi connectivity index (χ2n) is 4.68. The van der Waals surface area contributed by atoms with Gasteiger partial charge in [-0.25, -0.2) is 4.39 Å². The normalized spacial score (nSPS) is 22.2. The van der Waals surface area contributed by atoms with E-state index in [-0.39, 0.29) is 17.4 Å². The average Bonchev–Trinajstić information content (AvgIpc) is 2.77. The number of halogens is 1. The molecule has 0 saturated heterocycles. The van der Waals surface area contributed by atoms with Gasteiger partial charge in [0, 0.05) is 12.1 Å². The van der Waals surface area contributed by atoms with Gasteiger partial charge in [0.05, 0.1) is 11.5 Å². The van der Waals surface area contributed by atoms with Gasteiger partial charge in [0.15, 0.2) is 0 Å². The summed E-state index contributed by atoms with van der Waals surface area (Å²) >= 11 is 0. The largest absolute Gasteiger partial charge is 0.508 e. The minimum atomic E-state index is -0.868. The van der Waals surface area contributed by atoms with E-state index in [0.29, 0.717) is 19.3 Å². The van der Waals surface area contributed by atoms with Crippen LogP contribution in [0, 0.1) is 11.7 Å². The average molecular weight is 267 g/mol. The molecule has 0 aromatic heterocycles. The second-order valence-corrected chi connectivity index (χ2v) is 4.68. The number of phenols is 1. The Morgan fingerprint density at radius 3 is 2.63 bits per heavy atom. The lowest BCUT2D eigenvalue weighted by atomic mass is 10.1. The Hall–Kier alpha value is -2.11. The summed E-state index contributed by atoms with van der Waals surface area (Å²) in [6.45, 7) is 0. The zero-order chi connectivity index (χ0) is 14.0. The van der Waals surface area contributed by atoms with Crippen molar-refractivity contribution in [1.29, 1.82) is 0 Å². The van der Waals surface area contributed by atoms with Crippen LogP contribution in [0.25, 0.3) is 0 Å². The van der Waals surface area contributed by atoms with Crippen molar-refractivity contribution >= 4 is 11.9 Å². The molecule has 1 aliphatic carbocycles. The predicted molar refractivity (Wildman–Crippen MR) is 64.3 cm³/mol. The summed E-state index contributed by atoms with van der Waals surface area (Å²) in [5.74, 6) is -2.96. The third kappa shape index (κ3) is 3.01. The van der Waals surface area contributed by atoms with Gasteiger partial charge < -0.3 is 15.5 Å². The van der Waals surface area contributed by atoms with E-state index in [1.807, 2.05) is 0 Å². The Morgan fingerprint density at radius 2 is 2.05 bits per heavy atom. The third-order valence-corrected chi connectivity index (χ3v) is 3.31. The number of carbonyl (C=O) groups excluding carboxylic acids is 1. The number of phenolic OH excluding ortho intramolecular Hbond substituents is 1. The van der Waals surface area contributed by atoms with Crippen LogP contribution in [-0.4, -0.2) is 28.1 Å². The lowest BCUT2D eigenvalue weighted by Crippen LogP contribution is -2.33. The summed E-state index contributed by atoms with van der Waals surface area (Å²) in [6.07, 6.45) is 1.45. The highest BCUT2D eigenvalue weighted by atomic mass is 19.1. The number of hydrogen-bond acceptors (Lipinski definition) is 3. The van der Waals surface area contributed by atoms with Crippen molar-refractivity contribution in [2.75, 3.05) is 0 Å². The molecule has 2 atom stereocenters. The van der Waals surface area contributed by atoms with Crippen LogP contribution in [0.4, 0.5) is 4.39 Å². The maximum Gasteiger partial charge on any atom is 0.306 e. The van der Waals surface area contributed by atoms with Crippen LogP contribution in [0.1, 0.15) is 29.6 Å². The maximum atomic E-state index is 13.5. The Labute approximate surface area is 109 Å². The number of benzene rings is 1. The molecule has 1 amide bonds. The van der Waals surface area contributed by atoms with Gasteiger partial charge in [0.1, 0.15) is 11.6 Å². The van der Waals surface area contributed by atoms with E-state index >= 15 is 0 Å². The van der Waals surface area contributed by atoms with E-state index in [1.165, 1.54) is 12.1 Å². The molecule has 1 aromatic carbocycles. The molecule has 0 heterocycles. The fourth-order valence-corrected chi connectivity index (χ4v) is 2.29. The molecule has 102 valence electrons. The van der Waals surface area contributed by atoms with Gasteiger partial charge in [-0.15, -0.1) is 0 Å². The number of aromatic hydroxyl groups is 1. The molecule has 2 unspecified atom stereocenters. The number of rotatable bonds is 3. The summed E-state index contributed by atoms with van der Waals surface area (Å²) in [6, 6.07) is 3.04. The minimum Gasteiger partial charge on any atom is -0.508 e. The van der Waals surface area contributed by atoms with Crippen LogP contribution < -0.4 is 5.32 Å². The van der Waals surface area contributed by atoms with Crippen LogP contribution >= 0.6 is 0 Å². The Balaban J connectivity index is 2.00. The number of carboxylic acids is 1. The molecule has 2 rings (SSSR count). The van der Waals surface area contributed by atoms with Crippen LogP contribution in [0.15, 0.2) is 18.2 Å². The van der Waals surface area contributed by atoms with Crippen molar-refractivity contribution in [2.45, 2.75) is 25.3 Å². The van der Waals surface area contributed by atoms with Gasteiger partial charge in [-0.05, 0) is 31.4 Å². The fourth-order valence-electron chi connectivity index (χ4n) is 2.29. The summed E-state index contributed by atoms with van der Waals surface area (Å²) in [5, 5.41) is 20.5. The quantitative estimate of drug-likeness (QED) is 0.774. The van der Waals surface area contributed by atoms with Crippen LogP contribution in [0.5, 0.6) is 5.75 Å². The molecule has 1 aromatic rings. The van der Waals surface area contributed by atoms with Crippen molar-refractivity contribution in [3.63, 3.8) is 0 Å². The molecule has 0 spiro atoms. The zero-order valence-electron chi connectivity index (χ0n) is 10.1. The van der Waals surface area contributed by atoms with E-state index in [0.717, 1.165) is 6.07 Å². The van der Waals surface area contributed by atoms with Gasteiger partial charge in [-0.2, -0.15) is 0 Å². The number of carbonyl (C=O) groups is 2. The van der Waals surface area contributed by atoms with E-state index in [2.05, 4.69) is 5.32 Å². The van der Waals surface area contributed by atoms with Gasteiger partial charge >= 0.3 is 5.97 Å². The van der Waals surface area contributed by atoms with Crippen molar-refractivity contribution in [3.05, 3.63) is 29.6 Å². The highest BCUT2D eigenvalue weighted by Gasteiger charge is 2.31.